The van der Waals surface area contributed by atoms with Gasteiger partial charge in [-0.2, -0.15) is 0 Å². The van der Waals surface area contributed by atoms with Gasteiger partial charge in [0.15, 0.2) is 0 Å². The molecule has 20 heavy (non-hydrogen) atoms. The number of nitrogens with zero attached hydrogens (tertiary/aromatic N) is 2. The molecule has 1 aromatic rings. The molecule has 1 aliphatic rings. The van der Waals surface area contributed by atoms with Gasteiger partial charge in [0.1, 0.15) is 10.8 Å². The van der Waals surface area contributed by atoms with Crippen molar-refractivity contribution in [3.8, 4) is 0 Å². The van der Waals surface area contributed by atoms with Gasteiger partial charge in [-0.3, -0.25) is 0 Å². The third-order valence-corrected chi connectivity index (χ3v) is 4.49. The zero-order valence-corrected chi connectivity index (χ0v) is 13.4. The van der Waals surface area contributed by atoms with E-state index in [0.29, 0.717) is 10.4 Å². The number of nitrogens with one attached hydrogen (secondary N) is 1. The van der Waals surface area contributed by atoms with E-state index < -0.39 is 0 Å². The van der Waals surface area contributed by atoms with Crippen LogP contribution in [0.25, 0.3) is 0 Å². The van der Waals surface area contributed by atoms with E-state index in [4.69, 9.17) is 18.0 Å². The molecule has 1 saturated heterocycles. The zero-order chi connectivity index (χ0) is 14.8. The van der Waals surface area contributed by atoms with Crippen LogP contribution in [-0.2, 0) is 0 Å². The number of aromatic nitrogens is 1. The maximum atomic E-state index is 5.82. The predicted octanol–water partition coefficient (Wildman–Crippen LogP) is 2.17. The van der Waals surface area contributed by atoms with Crippen LogP contribution in [0, 0.1) is 12.3 Å². The molecule has 1 aliphatic heterocycles. The molecule has 0 spiro atoms. The molecule has 0 saturated carbocycles. The van der Waals surface area contributed by atoms with E-state index in [9.17, 15) is 0 Å². The highest BCUT2D eigenvalue weighted by atomic mass is 32.1. The Kier molecular flexibility index (Phi) is 4.60. The van der Waals surface area contributed by atoms with E-state index in [0.717, 1.165) is 36.6 Å². The molecule has 0 atom stereocenters. The van der Waals surface area contributed by atoms with Crippen molar-refractivity contribution in [3.05, 3.63) is 23.4 Å². The SMILES string of the molecule is Cc1ccnc(NCC2(C)CCN(C)CC2)c1C(N)=S. The van der Waals surface area contributed by atoms with Gasteiger partial charge in [-0.15, -0.1) is 0 Å². The first-order chi connectivity index (χ1) is 9.41. The molecule has 0 radical (unpaired) electrons. The third kappa shape index (κ3) is 3.46. The van der Waals surface area contributed by atoms with Gasteiger partial charge in [0, 0.05) is 12.7 Å². The van der Waals surface area contributed by atoms with Crippen LogP contribution < -0.4 is 11.1 Å². The Morgan fingerprint density at radius 1 is 1.50 bits per heavy atom. The summed E-state index contributed by atoms with van der Waals surface area (Å²) in [4.78, 5) is 7.19. The minimum Gasteiger partial charge on any atom is -0.389 e. The average molecular weight is 292 g/mol. The summed E-state index contributed by atoms with van der Waals surface area (Å²) >= 11 is 5.14. The van der Waals surface area contributed by atoms with Crippen molar-refractivity contribution in [3.63, 3.8) is 0 Å². The first-order valence-electron chi connectivity index (χ1n) is 7.09. The van der Waals surface area contributed by atoms with Crippen molar-refractivity contribution in [1.29, 1.82) is 0 Å². The van der Waals surface area contributed by atoms with Crippen LogP contribution in [0.1, 0.15) is 30.9 Å². The fraction of sp³-hybridized carbons (Fsp3) is 0.600. The third-order valence-electron chi connectivity index (χ3n) is 4.28. The summed E-state index contributed by atoms with van der Waals surface area (Å²) in [6, 6.07) is 1.94. The average Bonchev–Trinajstić information content (AvgIpc) is 2.40. The van der Waals surface area contributed by atoms with Gasteiger partial charge < -0.3 is 16.0 Å². The molecule has 4 nitrogen and oxygen atoms in total. The number of aryl methyl sites for hydroxylation is 1. The Labute approximate surface area is 126 Å². The number of rotatable bonds is 4. The number of anilines is 1. The lowest BCUT2D eigenvalue weighted by atomic mass is 9.80. The van der Waals surface area contributed by atoms with Crippen molar-refractivity contribution in [1.82, 2.24) is 9.88 Å². The molecule has 0 unspecified atom stereocenters. The minimum absolute atomic E-state index is 0.311. The molecule has 1 aromatic heterocycles. The summed E-state index contributed by atoms with van der Waals surface area (Å²) in [5, 5.41) is 3.46. The molecule has 3 N–H and O–H groups in total. The van der Waals surface area contributed by atoms with Crippen LogP contribution in [0.3, 0.4) is 0 Å². The van der Waals surface area contributed by atoms with Crippen molar-refractivity contribution in [2.75, 3.05) is 32.0 Å². The quantitative estimate of drug-likeness (QED) is 0.833. The van der Waals surface area contributed by atoms with E-state index >= 15 is 0 Å². The highest BCUT2D eigenvalue weighted by molar-refractivity contribution is 7.80. The number of pyridine rings is 1. The maximum Gasteiger partial charge on any atom is 0.136 e. The molecule has 0 bridgehead atoms. The fourth-order valence-corrected chi connectivity index (χ4v) is 2.89. The Bertz CT molecular complexity index is 493. The van der Waals surface area contributed by atoms with E-state index in [1.54, 1.807) is 6.20 Å². The van der Waals surface area contributed by atoms with Gasteiger partial charge in [0.2, 0.25) is 0 Å². The second kappa shape index (κ2) is 6.06. The Hall–Kier alpha value is -1.20. The molecule has 2 rings (SSSR count). The van der Waals surface area contributed by atoms with E-state index in [2.05, 4.69) is 29.2 Å². The predicted molar refractivity (Wildman–Crippen MR) is 88.2 cm³/mol. The van der Waals surface area contributed by atoms with Gasteiger partial charge in [-0.05, 0) is 56.9 Å². The van der Waals surface area contributed by atoms with Crippen LogP contribution in [0.5, 0.6) is 0 Å². The first-order valence-corrected chi connectivity index (χ1v) is 7.50. The van der Waals surface area contributed by atoms with Crippen LogP contribution in [0.15, 0.2) is 12.3 Å². The smallest absolute Gasteiger partial charge is 0.136 e. The summed E-state index contributed by atoms with van der Waals surface area (Å²) in [5.74, 6) is 0.817. The summed E-state index contributed by atoms with van der Waals surface area (Å²) in [6.45, 7) is 7.57. The lowest BCUT2D eigenvalue weighted by Gasteiger charge is -2.38. The normalized spacial score (nSPS) is 18.8. The largest absolute Gasteiger partial charge is 0.389 e. The number of piperidine rings is 1. The van der Waals surface area contributed by atoms with Gasteiger partial charge in [0.05, 0.1) is 5.56 Å². The topological polar surface area (TPSA) is 54.2 Å². The van der Waals surface area contributed by atoms with Crippen LogP contribution in [0.4, 0.5) is 5.82 Å². The van der Waals surface area contributed by atoms with Gasteiger partial charge in [-0.1, -0.05) is 19.1 Å². The summed E-state index contributed by atoms with van der Waals surface area (Å²) in [7, 11) is 2.18. The number of thiocarbonyl (C=S) groups is 1. The van der Waals surface area contributed by atoms with Crippen LogP contribution in [0.2, 0.25) is 0 Å². The number of likely N-dealkylation sites (tertiary alicyclic amines) is 1. The number of hydrogen-bond donors (Lipinski definition) is 2. The van der Waals surface area contributed by atoms with Gasteiger partial charge in [-0.25, -0.2) is 4.98 Å². The molecular formula is C15H24N4S. The monoisotopic (exact) mass is 292 g/mol. The van der Waals surface area contributed by atoms with E-state index in [1.165, 1.54) is 12.8 Å². The van der Waals surface area contributed by atoms with Crippen LogP contribution >= 0.6 is 12.2 Å². The minimum atomic E-state index is 0.311. The summed E-state index contributed by atoms with van der Waals surface area (Å²) in [5.41, 5.74) is 8.08. The van der Waals surface area contributed by atoms with Crippen molar-refractivity contribution in [2.24, 2.45) is 11.1 Å². The highest BCUT2D eigenvalue weighted by Gasteiger charge is 2.29. The van der Waals surface area contributed by atoms with E-state index in [-0.39, 0.29) is 0 Å². The summed E-state index contributed by atoms with van der Waals surface area (Å²) < 4.78 is 0. The zero-order valence-electron chi connectivity index (χ0n) is 12.6. The Morgan fingerprint density at radius 3 is 2.75 bits per heavy atom. The van der Waals surface area contributed by atoms with Crippen molar-refractivity contribution < 1.29 is 0 Å². The molecule has 5 heteroatoms. The highest BCUT2D eigenvalue weighted by Crippen LogP contribution is 2.31. The van der Waals surface area contributed by atoms with Crippen molar-refractivity contribution in [2.45, 2.75) is 26.7 Å². The second-order valence-corrected chi connectivity index (χ2v) is 6.62. The maximum absolute atomic E-state index is 5.82. The Morgan fingerprint density at radius 2 is 2.15 bits per heavy atom. The molecule has 110 valence electrons. The molecule has 0 amide bonds. The number of nitrogens with two attached hydrogens (primary N) is 1. The molecule has 1 fully saturated rings. The first kappa shape index (κ1) is 15.2. The second-order valence-electron chi connectivity index (χ2n) is 6.18. The lowest BCUT2D eigenvalue weighted by molar-refractivity contribution is 0.150. The van der Waals surface area contributed by atoms with Gasteiger partial charge in [0.25, 0.3) is 0 Å². The molecule has 2 heterocycles. The fourth-order valence-electron chi connectivity index (χ4n) is 2.64. The Balaban J connectivity index is 2.08. The lowest BCUT2D eigenvalue weighted by Crippen LogP contribution is -2.40. The summed E-state index contributed by atoms with van der Waals surface area (Å²) in [6.07, 6.45) is 4.20. The van der Waals surface area contributed by atoms with Crippen LogP contribution in [-0.4, -0.2) is 41.6 Å². The molecule has 0 aliphatic carbocycles. The number of hydrogen-bond acceptors (Lipinski definition) is 4. The van der Waals surface area contributed by atoms with E-state index in [1.807, 2.05) is 13.0 Å². The van der Waals surface area contributed by atoms with Gasteiger partial charge >= 0.3 is 0 Å². The standard InChI is InChI=1S/C15H24N4S/c1-11-4-7-17-14(12(11)13(16)20)18-10-15(2)5-8-19(3)9-6-15/h4,7H,5-6,8-10H2,1-3H3,(H2,16,20)(H,17,18). The molecular weight excluding hydrogens is 268 g/mol. The van der Waals surface area contributed by atoms with Crippen molar-refractivity contribution >= 4 is 23.0 Å². The molecule has 0 aromatic carbocycles.